The molecule has 0 unspecified atom stereocenters. The normalized spacial score (nSPS) is 13.5. The van der Waals surface area contributed by atoms with E-state index in [4.69, 9.17) is 9.15 Å². The van der Waals surface area contributed by atoms with Crippen LogP contribution in [0.25, 0.3) is 11.3 Å². The standard InChI is InChI=1S/C21H20N2O4/c1-13-16(8-14-2-4-15(5-3-14)19-11-26-12-23-19)9-17-20(18(13)10-24)27-7-6-22-21(17)25/h2-5,9,11-12,24H,6-8,10H2,1H3,(H,22,25). The van der Waals surface area contributed by atoms with Gasteiger partial charge in [0, 0.05) is 11.1 Å². The van der Waals surface area contributed by atoms with Crippen molar-refractivity contribution in [1.29, 1.82) is 0 Å². The number of carbonyl (C=O) groups is 1. The Labute approximate surface area is 156 Å². The van der Waals surface area contributed by atoms with E-state index in [0.29, 0.717) is 36.4 Å². The fraction of sp³-hybridized carbons (Fsp3) is 0.238. The minimum Gasteiger partial charge on any atom is -0.491 e. The molecule has 0 fully saturated rings. The molecule has 6 heteroatoms. The zero-order valence-electron chi connectivity index (χ0n) is 15.0. The molecule has 3 aromatic rings. The SMILES string of the molecule is Cc1c(Cc2ccc(-c3cocn3)cc2)cc2c(c1CO)OCCNC2=O. The number of ether oxygens (including phenoxy) is 1. The number of aliphatic hydroxyl groups excluding tert-OH is 1. The summed E-state index contributed by atoms with van der Waals surface area (Å²) in [5.41, 5.74) is 5.98. The first kappa shape index (κ1) is 17.3. The van der Waals surface area contributed by atoms with E-state index in [0.717, 1.165) is 27.9 Å². The maximum Gasteiger partial charge on any atom is 0.255 e. The fourth-order valence-electron chi connectivity index (χ4n) is 3.36. The Bertz CT molecular complexity index is 963. The third-order valence-corrected chi connectivity index (χ3v) is 4.88. The fourth-order valence-corrected chi connectivity index (χ4v) is 3.36. The molecule has 0 bridgehead atoms. The van der Waals surface area contributed by atoms with E-state index in [1.54, 1.807) is 6.26 Å². The molecule has 0 radical (unpaired) electrons. The van der Waals surface area contributed by atoms with Gasteiger partial charge in [-0.05, 0) is 36.1 Å². The quantitative estimate of drug-likeness (QED) is 0.744. The number of benzene rings is 2. The van der Waals surface area contributed by atoms with Crippen molar-refractivity contribution in [3.05, 3.63) is 70.8 Å². The van der Waals surface area contributed by atoms with Crippen molar-refractivity contribution in [3.63, 3.8) is 0 Å². The van der Waals surface area contributed by atoms with Crippen LogP contribution in [0.3, 0.4) is 0 Å². The summed E-state index contributed by atoms with van der Waals surface area (Å²) in [6.45, 7) is 2.64. The van der Waals surface area contributed by atoms with Crippen LogP contribution in [0, 0.1) is 6.92 Å². The van der Waals surface area contributed by atoms with Gasteiger partial charge >= 0.3 is 0 Å². The van der Waals surface area contributed by atoms with Crippen LogP contribution in [0.2, 0.25) is 0 Å². The van der Waals surface area contributed by atoms with Crippen LogP contribution < -0.4 is 10.1 Å². The van der Waals surface area contributed by atoms with Crippen molar-refractivity contribution in [2.75, 3.05) is 13.2 Å². The number of carbonyl (C=O) groups excluding carboxylic acids is 1. The number of fused-ring (bicyclic) bond motifs is 1. The Hall–Kier alpha value is -3.12. The van der Waals surface area contributed by atoms with Gasteiger partial charge in [0.2, 0.25) is 0 Å². The molecule has 2 aromatic carbocycles. The molecular weight excluding hydrogens is 344 g/mol. The highest BCUT2D eigenvalue weighted by molar-refractivity contribution is 5.98. The lowest BCUT2D eigenvalue weighted by molar-refractivity contribution is 0.0957. The first-order chi connectivity index (χ1) is 13.2. The number of nitrogens with one attached hydrogen (secondary N) is 1. The summed E-state index contributed by atoms with van der Waals surface area (Å²) in [5.74, 6) is 0.329. The number of rotatable bonds is 4. The summed E-state index contributed by atoms with van der Waals surface area (Å²) >= 11 is 0. The van der Waals surface area contributed by atoms with Gasteiger partial charge in [-0.3, -0.25) is 4.79 Å². The van der Waals surface area contributed by atoms with Gasteiger partial charge in [-0.2, -0.15) is 0 Å². The Morgan fingerprint density at radius 2 is 2.07 bits per heavy atom. The second kappa shape index (κ2) is 7.25. The van der Waals surface area contributed by atoms with Crippen molar-refractivity contribution in [2.24, 2.45) is 0 Å². The summed E-state index contributed by atoms with van der Waals surface area (Å²) < 4.78 is 10.7. The van der Waals surface area contributed by atoms with Crippen LogP contribution in [-0.4, -0.2) is 29.1 Å². The lowest BCUT2D eigenvalue weighted by Gasteiger charge is -2.17. The average molecular weight is 364 g/mol. The number of amides is 1. The van der Waals surface area contributed by atoms with E-state index in [1.807, 2.05) is 37.3 Å². The molecule has 0 saturated heterocycles. The third-order valence-electron chi connectivity index (χ3n) is 4.88. The van der Waals surface area contributed by atoms with Gasteiger partial charge < -0.3 is 19.6 Å². The number of hydrogen-bond acceptors (Lipinski definition) is 5. The van der Waals surface area contributed by atoms with Gasteiger partial charge in [0.25, 0.3) is 5.91 Å². The Balaban J connectivity index is 1.68. The van der Waals surface area contributed by atoms with Gasteiger partial charge in [-0.15, -0.1) is 0 Å². The topological polar surface area (TPSA) is 84.6 Å². The van der Waals surface area contributed by atoms with Crippen molar-refractivity contribution in [3.8, 4) is 17.0 Å². The van der Waals surface area contributed by atoms with Crippen LogP contribution in [0.15, 0.2) is 47.4 Å². The predicted molar refractivity (Wildman–Crippen MR) is 99.7 cm³/mol. The maximum atomic E-state index is 12.4. The highest BCUT2D eigenvalue weighted by Gasteiger charge is 2.23. The van der Waals surface area contributed by atoms with E-state index in [2.05, 4.69) is 10.3 Å². The highest BCUT2D eigenvalue weighted by atomic mass is 16.5. The van der Waals surface area contributed by atoms with E-state index in [9.17, 15) is 9.90 Å². The van der Waals surface area contributed by atoms with Gasteiger partial charge in [0.05, 0.1) is 18.7 Å². The van der Waals surface area contributed by atoms with Gasteiger partial charge in [-0.1, -0.05) is 24.3 Å². The molecule has 0 saturated carbocycles. The van der Waals surface area contributed by atoms with Crippen molar-refractivity contribution in [2.45, 2.75) is 20.0 Å². The number of hydrogen-bond donors (Lipinski definition) is 2. The number of aliphatic hydroxyl groups is 1. The van der Waals surface area contributed by atoms with Gasteiger partial charge in [0.15, 0.2) is 6.39 Å². The monoisotopic (exact) mass is 364 g/mol. The Kier molecular flexibility index (Phi) is 4.64. The molecule has 138 valence electrons. The molecule has 0 aliphatic carbocycles. The molecule has 0 spiro atoms. The summed E-state index contributed by atoms with van der Waals surface area (Å²) in [4.78, 5) is 16.5. The minimum absolute atomic E-state index is 0.166. The third kappa shape index (κ3) is 3.31. The van der Waals surface area contributed by atoms with Crippen LogP contribution >= 0.6 is 0 Å². The molecule has 27 heavy (non-hydrogen) atoms. The smallest absolute Gasteiger partial charge is 0.255 e. The largest absolute Gasteiger partial charge is 0.491 e. The van der Waals surface area contributed by atoms with Crippen LogP contribution in [0.1, 0.15) is 32.6 Å². The van der Waals surface area contributed by atoms with Gasteiger partial charge in [0.1, 0.15) is 24.3 Å². The maximum absolute atomic E-state index is 12.4. The average Bonchev–Trinajstić information content (AvgIpc) is 3.16. The van der Waals surface area contributed by atoms with Crippen LogP contribution in [0.4, 0.5) is 0 Å². The highest BCUT2D eigenvalue weighted by Crippen LogP contribution is 2.32. The zero-order chi connectivity index (χ0) is 18.8. The zero-order valence-corrected chi connectivity index (χ0v) is 15.0. The van der Waals surface area contributed by atoms with Crippen molar-refractivity contribution in [1.82, 2.24) is 10.3 Å². The Morgan fingerprint density at radius 3 is 2.78 bits per heavy atom. The van der Waals surface area contributed by atoms with E-state index >= 15 is 0 Å². The summed E-state index contributed by atoms with van der Waals surface area (Å²) in [6, 6.07) is 9.92. The lowest BCUT2D eigenvalue weighted by Crippen LogP contribution is -2.24. The van der Waals surface area contributed by atoms with E-state index < -0.39 is 0 Å². The lowest BCUT2D eigenvalue weighted by atomic mass is 9.92. The molecule has 1 aromatic heterocycles. The molecule has 2 heterocycles. The second-order valence-corrected chi connectivity index (χ2v) is 6.53. The number of oxazole rings is 1. The minimum atomic E-state index is -0.167. The van der Waals surface area contributed by atoms with E-state index in [-0.39, 0.29) is 12.5 Å². The van der Waals surface area contributed by atoms with Crippen molar-refractivity contribution >= 4 is 5.91 Å². The van der Waals surface area contributed by atoms with Crippen LogP contribution in [0.5, 0.6) is 5.75 Å². The second-order valence-electron chi connectivity index (χ2n) is 6.53. The molecule has 1 aliphatic rings. The van der Waals surface area contributed by atoms with Crippen molar-refractivity contribution < 1.29 is 19.1 Å². The first-order valence-corrected chi connectivity index (χ1v) is 8.82. The van der Waals surface area contributed by atoms with Gasteiger partial charge in [-0.25, -0.2) is 4.98 Å². The molecule has 0 atom stereocenters. The molecule has 2 N–H and O–H groups in total. The first-order valence-electron chi connectivity index (χ1n) is 8.82. The summed E-state index contributed by atoms with van der Waals surface area (Å²) in [6.07, 6.45) is 3.67. The number of aromatic nitrogens is 1. The molecule has 1 aliphatic heterocycles. The Morgan fingerprint density at radius 1 is 1.26 bits per heavy atom. The molecule has 1 amide bonds. The van der Waals surface area contributed by atoms with E-state index in [1.165, 1.54) is 6.39 Å². The summed E-state index contributed by atoms with van der Waals surface area (Å²) in [7, 11) is 0. The van der Waals surface area contributed by atoms with Crippen LogP contribution in [-0.2, 0) is 13.0 Å². The summed E-state index contributed by atoms with van der Waals surface area (Å²) in [5, 5.41) is 12.7. The predicted octanol–water partition coefficient (Wildman–Crippen LogP) is 2.86. The molecule has 6 nitrogen and oxygen atoms in total. The molecular formula is C21H20N2O4. The number of nitrogens with zero attached hydrogens (tertiary/aromatic N) is 1. The molecule has 4 rings (SSSR count).